The molecule has 0 aliphatic carbocycles. The standard InChI is InChI=1S/C35H71N2O6P/c1-6-8-9-10-11-12-13-14-15-16-17-18-19-20-21-22-23-24-25-26-27-28-29-34(38)33(36-35(39)7-2)32-43-44(40,41)42-31-30-37(3,4)5/h28-29,33-34,38H,6-27,30-32H2,1-5H3,(H-,36,39,40,41)/b29-28+. The van der Waals surface area contributed by atoms with E-state index in [0.29, 0.717) is 11.0 Å². The Hall–Kier alpha value is -0.760. The number of rotatable bonds is 32. The van der Waals surface area contributed by atoms with E-state index in [2.05, 4.69) is 12.2 Å². The summed E-state index contributed by atoms with van der Waals surface area (Å²) < 4.78 is 22.6. The van der Waals surface area contributed by atoms with Crippen molar-refractivity contribution in [3.63, 3.8) is 0 Å². The van der Waals surface area contributed by atoms with Crippen LogP contribution in [0.4, 0.5) is 0 Å². The number of nitrogens with one attached hydrogen (secondary N) is 1. The molecule has 0 radical (unpaired) electrons. The van der Waals surface area contributed by atoms with E-state index < -0.39 is 20.0 Å². The third kappa shape index (κ3) is 29.9. The van der Waals surface area contributed by atoms with E-state index in [-0.39, 0.29) is 25.5 Å². The van der Waals surface area contributed by atoms with E-state index in [0.717, 1.165) is 19.3 Å². The Bertz CT molecular complexity index is 743. The first-order valence-electron chi connectivity index (χ1n) is 18.1. The Morgan fingerprint density at radius 2 is 1.20 bits per heavy atom. The van der Waals surface area contributed by atoms with Crippen LogP contribution in [0.15, 0.2) is 12.2 Å². The van der Waals surface area contributed by atoms with Crippen LogP contribution in [-0.2, 0) is 18.4 Å². The third-order valence-electron chi connectivity index (χ3n) is 8.06. The monoisotopic (exact) mass is 647 g/mol. The number of unbranched alkanes of at least 4 members (excludes halogenated alkanes) is 20. The maximum Gasteiger partial charge on any atom is 0.268 e. The van der Waals surface area contributed by atoms with Gasteiger partial charge in [-0.15, -0.1) is 0 Å². The van der Waals surface area contributed by atoms with Gasteiger partial charge in [0.1, 0.15) is 13.2 Å². The van der Waals surface area contributed by atoms with Crippen LogP contribution in [0.25, 0.3) is 0 Å². The highest BCUT2D eigenvalue weighted by Crippen LogP contribution is 2.38. The zero-order chi connectivity index (χ0) is 32.9. The second-order valence-corrected chi connectivity index (χ2v) is 15.0. The molecule has 3 unspecified atom stereocenters. The fraction of sp³-hybridized carbons (Fsp3) is 0.914. The summed E-state index contributed by atoms with van der Waals surface area (Å²) in [6, 6.07) is -0.877. The zero-order valence-corrected chi connectivity index (χ0v) is 30.3. The number of allylic oxidation sites excluding steroid dienone is 1. The smallest absolute Gasteiger partial charge is 0.268 e. The molecule has 2 N–H and O–H groups in total. The fourth-order valence-corrected chi connectivity index (χ4v) is 5.78. The molecule has 0 heterocycles. The summed E-state index contributed by atoms with van der Waals surface area (Å²) in [5.41, 5.74) is 0. The van der Waals surface area contributed by atoms with Crippen LogP contribution in [0.1, 0.15) is 155 Å². The van der Waals surface area contributed by atoms with Gasteiger partial charge < -0.3 is 28.8 Å². The minimum Gasteiger partial charge on any atom is -0.756 e. The summed E-state index contributed by atoms with van der Waals surface area (Å²) in [6.45, 7) is 4.08. The summed E-state index contributed by atoms with van der Waals surface area (Å²) in [6.07, 6.45) is 30.6. The molecule has 0 rings (SSSR count). The van der Waals surface area contributed by atoms with Gasteiger partial charge in [0.25, 0.3) is 7.82 Å². The summed E-state index contributed by atoms with van der Waals surface area (Å²) in [5, 5.41) is 13.2. The van der Waals surface area contributed by atoms with Gasteiger partial charge in [0.15, 0.2) is 0 Å². The zero-order valence-electron chi connectivity index (χ0n) is 29.4. The predicted octanol–water partition coefficient (Wildman–Crippen LogP) is 8.22. The van der Waals surface area contributed by atoms with Crippen molar-refractivity contribution in [3.8, 4) is 0 Å². The van der Waals surface area contributed by atoms with Gasteiger partial charge in [0.2, 0.25) is 5.91 Å². The summed E-state index contributed by atoms with van der Waals surface area (Å²) in [4.78, 5) is 24.0. The van der Waals surface area contributed by atoms with Crippen molar-refractivity contribution in [1.82, 2.24) is 5.32 Å². The van der Waals surface area contributed by atoms with Gasteiger partial charge in [-0.1, -0.05) is 148 Å². The van der Waals surface area contributed by atoms with E-state index in [1.807, 2.05) is 27.2 Å². The van der Waals surface area contributed by atoms with E-state index in [1.54, 1.807) is 13.0 Å². The predicted molar refractivity (Wildman–Crippen MR) is 182 cm³/mol. The number of aliphatic hydroxyl groups excluding tert-OH is 1. The molecule has 3 atom stereocenters. The number of nitrogens with zero attached hydrogens (tertiary/aromatic N) is 1. The summed E-state index contributed by atoms with van der Waals surface area (Å²) in [5.74, 6) is -0.285. The van der Waals surface area contributed by atoms with Crippen LogP contribution in [0, 0.1) is 0 Å². The van der Waals surface area contributed by atoms with Gasteiger partial charge in [-0.3, -0.25) is 9.36 Å². The van der Waals surface area contributed by atoms with Gasteiger partial charge in [0, 0.05) is 6.42 Å². The van der Waals surface area contributed by atoms with Crippen LogP contribution in [0.3, 0.4) is 0 Å². The molecular weight excluding hydrogens is 575 g/mol. The number of hydrogen-bond donors (Lipinski definition) is 2. The van der Waals surface area contributed by atoms with Crippen LogP contribution >= 0.6 is 7.82 Å². The molecule has 0 aliphatic rings. The number of carbonyl (C=O) groups excluding carboxylic acids is 1. The van der Waals surface area contributed by atoms with Crippen LogP contribution in [0.2, 0.25) is 0 Å². The van der Waals surface area contributed by atoms with Gasteiger partial charge in [0.05, 0.1) is 39.9 Å². The number of carbonyl (C=O) groups is 1. The first-order chi connectivity index (χ1) is 21.0. The van der Waals surface area contributed by atoms with Gasteiger partial charge >= 0.3 is 0 Å². The molecule has 262 valence electrons. The second kappa shape index (κ2) is 28.5. The highest BCUT2D eigenvalue weighted by atomic mass is 31.2. The first kappa shape index (κ1) is 43.2. The first-order valence-corrected chi connectivity index (χ1v) is 19.5. The minimum absolute atomic E-state index is 0.00179. The minimum atomic E-state index is -4.54. The van der Waals surface area contributed by atoms with Crippen molar-refractivity contribution >= 4 is 13.7 Å². The quantitative estimate of drug-likeness (QED) is 0.0330. The van der Waals surface area contributed by atoms with E-state index in [1.165, 1.54) is 116 Å². The molecule has 0 fully saturated rings. The molecule has 9 heteroatoms. The molecule has 0 bridgehead atoms. The Labute approximate surface area is 272 Å². The Kier molecular flexibility index (Phi) is 28.0. The lowest BCUT2D eigenvalue weighted by Crippen LogP contribution is -2.45. The molecule has 0 aromatic carbocycles. The summed E-state index contributed by atoms with van der Waals surface area (Å²) >= 11 is 0. The maximum atomic E-state index is 12.1. The van der Waals surface area contributed by atoms with Gasteiger partial charge in [-0.2, -0.15) is 0 Å². The molecule has 0 saturated heterocycles. The third-order valence-corrected chi connectivity index (χ3v) is 9.03. The number of phosphoric acid groups is 1. The molecule has 0 aromatic heterocycles. The topological polar surface area (TPSA) is 108 Å². The lowest BCUT2D eigenvalue weighted by molar-refractivity contribution is -0.870. The van der Waals surface area contributed by atoms with Crippen molar-refractivity contribution in [2.24, 2.45) is 0 Å². The second-order valence-electron chi connectivity index (χ2n) is 13.5. The number of likely N-dealkylation sites (N-methyl/N-ethyl adjacent to an activating group) is 1. The Balaban J connectivity index is 3.88. The van der Waals surface area contributed by atoms with Gasteiger partial charge in [-0.05, 0) is 12.8 Å². The number of hydrogen-bond acceptors (Lipinski definition) is 6. The number of phosphoric ester groups is 1. The van der Waals surface area contributed by atoms with Crippen LogP contribution in [-0.4, -0.2) is 68.5 Å². The summed E-state index contributed by atoms with van der Waals surface area (Å²) in [7, 11) is 1.25. The van der Waals surface area contributed by atoms with E-state index >= 15 is 0 Å². The van der Waals surface area contributed by atoms with E-state index in [4.69, 9.17) is 9.05 Å². The average molecular weight is 647 g/mol. The van der Waals surface area contributed by atoms with Gasteiger partial charge in [-0.25, -0.2) is 0 Å². The number of amides is 1. The average Bonchev–Trinajstić information content (AvgIpc) is 2.96. The lowest BCUT2D eigenvalue weighted by Gasteiger charge is -2.29. The van der Waals surface area contributed by atoms with Crippen molar-refractivity contribution < 1.29 is 32.9 Å². The van der Waals surface area contributed by atoms with Crippen molar-refractivity contribution in [3.05, 3.63) is 12.2 Å². The molecule has 0 saturated carbocycles. The van der Waals surface area contributed by atoms with Crippen LogP contribution < -0.4 is 10.2 Å². The Morgan fingerprint density at radius 1 is 0.773 bits per heavy atom. The molecule has 1 amide bonds. The van der Waals surface area contributed by atoms with Crippen molar-refractivity contribution in [2.75, 3.05) is 40.9 Å². The highest BCUT2D eigenvalue weighted by Gasteiger charge is 2.22. The highest BCUT2D eigenvalue weighted by molar-refractivity contribution is 7.45. The SMILES string of the molecule is CCCCCCCCCCCCCCCCCCCCCC/C=C/C(O)C(COP(=O)([O-])OCC[N+](C)(C)C)NC(=O)CC. The number of aliphatic hydroxyl groups is 1. The lowest BCUT2D eigenvalue weighted by atomic mass is 10.0. The van der Waals surface area contributed by atoms with Crippen molar-refractivity contribution in [1.29, 1.82) is 0 Å². The normalized spacial score (nSPS) is 15.0. The van der Waals surface area contributed by atoms with E-state index in [9.17, 15) is 19.4 Å². The Morgan fingerprint density at radius 3 is 1.61 bits per heavy atom. The molecule has 0 spiro atoms. The maximum absolute atomic E-state index is 12.1. The number of quaternary nitrogens is 1. The fourth-order valence-electron chi connectivity index (χ4n) is 5.06. The molecule has 44 heavy (non-hydrogen) atoms. The molecule has 0 aromatic rings. The largest absolute Gasteiger partial charge is 0.756 e. The van der Waals surface area contributed by atoms with Crippen molar-refractivity contribution in [2.45, 2.75) is 167 Å². The molecular formula is C35H71N2O6P. The van der Waals surface area contributed by atoms with Crippen LogP contribution in [0.5, 0.6) is 0 Å². The molecule has 0 aliphatic heterocycles. The molecule has 8 nitrogen and oxygen atoms in total.